The largest absolute Gasteiger partial charge is 0.355 e. The maximum atomic E-state index is 11.6. The zero-order valence-electron chi connectivity index (χ0n) is 12.8. The molecule has 1 heterocycles. The first-order valence-corrected chi connectivity index (χ1v) is 8.02. The lowest BCUT2D eigenvalue weighted by Gasteiger charge is -2.08. The maximum absolute atomic E-state index is 11.6. The van der Waals surface area contributed by atoms with Gasteiger partial charge in [0.25, 0.3) is 5.91 Å². The van der Waals surface area contributed by atoms with Crippen molar-refractivity contribution < 1.29 is 19.2 Å². The van der Waals surface area contributed by atoms with E-state index in [0.717, 1.165) is 6.42 Å². The number of hydrogen-bond acceptors (Lipinski definition) is 5. The van der Waals surface area contributed by atoms with Crippen molar-refractivity contribution in [1.29, 1.82) is 0 Å². The van der Waals surface area contributed by atoms with Gasteiger partial charge in [-0.05, 0) is 17.9 Å². The van der Waals surface area contributed by atoms with Crippen LogP contribution in [0.15, 0.2) is 17.5 Å². The summed E-state index contributed by atoms with van der Waals surface area (Å²) in [6.07, 6.45) is 0.812. The molecule has 0 aliphatic rings. The molecule has 1 rings (SSSR count). The van der Waals surface area contributed by atoms with Gasteiger partial charge < -0.3 is 21.3 Å². The van der Waals surface area contributed by atoms with E-state index in [9.17, 15) is 19.2 Å². The first-order valence-electron chi connectivity index (χ1n) is 7.14. The smallest absolute Gasteiger partial charge is 0.261 e. The summed E-state index contributed by atoms with van der Waals surface area (Å²) in [5.41, 5.74) is 0. The Morgan fingerprint density at radius 3 is 2.00 bits per heavy atom. The van der Waals surface area contributed by atoms with Crippen molar-refractivity contribution in [3.8, 4) is 0 Å². The van der Waals surface area contributed by atoms with Crippen LogP contribution in [0.3, 0.4) is 0 Å². The molecular weight excluding hydrogens is 320 g/mol. The van der Waals surface area contributed by atoms with E-state index in [1.54, 1.807) is 17.5 Å². The standard InChI is InChI=1S/C14H20N4O4S/c1-2-5-15-11(19)7-16-12(20)8-17-13(21)9-18-14(22)10-4-3-6-23-10/h3-4,6H,2,5,7-9H2,1H3,(H,15,19)(H,16,20)(H,17,21)(H,18,22). The number of nitrogens with one attached hydrogen (secondary N) is 4. The second kappa shape index (κ2) is 10.3. The van der Waals surface area contributed by atoms with Crippen LogP contribution in [0.4, 0.5) is 0 Å². The lowest BCUT2D eigenvalue weighted by Crippen LogP contribution is -2.44. The normalized spacial score (nSPS) is 9.78. The number of rotatable bonds is 9. The quantitative estimate of drug-likeness (QED) is 0.473. The van der Waals surface area contributed by atoms with Gasteiger partial charge in [0.2, 0.25) is 17.7 Å². The van der Waals surface area contributed by atoms with Gasteiger partial charge in [0, 0.05) is 6.54 Å². The second-order valence-corrected chi connectivity index (χ2v) is 5.51. The molecule has 23 heavy (non-hydrogen) atoms. The van der Waals surface area contributed by atoms with E-state index < -0.39 is 11.8 Å². The average molecular weight is 340 g/mol. The van der Waals surface area contributed by atoms with Crippen LogP contribution in [-0.4, -0.2) is 49.8 Å². The Bertz CT molecular complexity index is 545. The molecule has 9 heteroatoms. The molecule has 4 amide bonds. The second-order valence-electron chi connectivity index (χ2n) is 4.56. The van der Waals surface area contributed by atoms with E-state index in [-0.39, 0.29) is 31.4 Å². The van der Waals surface area contributed by atoms with E-state index in [1.165, 1.54) is 11.3 Å². The molecule has 126 valence electrons. The molecule has 1 aromatic rings. The van der Waals surface area contributed by atoms with Crippen molar-refractivity contribution in [2.45, 2.75) is 13.3 Å². The van der Waals surface area contributed by atoms with Crippen LogP contribution in [0.1, 0.15) is 23.0 Å². The highest BCUT2D eigenvalue weighted by molar-refractivity contribution is 7.12. The van der Waals surface area contributed by atoms with Crippen LogP contribution in [0.2, 0.25) is 0 Å². The van der Waals surface area contributed by atoms with Crippen LogP contribution in [0.5, 0.6) is 0 Å². The van der Waals surface area contributed by atoms with Crippen molar-refractivity contribution in [2.24, 2.45) is 0 Å². The molecule has 0 aromatic carbocycles. The highest BCUT2D eigenvalue weighted by Crippen LogP contribution is 2.07. The molecule has 0 unspecified atom stereocenters. The fourth-order valence-electron chi connectivity index (χ4n) is 1.47. The van der Waals surface area contributed by atoms with E-state index in [1.807, 2.05) is 6.92 Å². The summed E-state index contributed by atoms with van der Waals surface area (Å²) in [6.45, 7) is 1.86. The lowest BCUT2D eigenvalue weighted by atomic mass is 10.4. The molecule has 0 spiro atoms. The summed E-state index contributed by atoms with van der Waals surface area (Å²) in [5.74, 6) is -1.59. The van der Waals surface area contributed by atoms with Crippen LogP contribution in [-0.2, 0) is 14.4 Å². The number of hydrogen-bond donors (Lipinski definition) is 4. The number of amides is 4. The molecule has 1 aromatic heterocycles. The highest BCUT2D eigenvalue weighted by atomic mass is 32.1. The molecule has 0 aliphatic heterocycles. The predicted molar refractivity (Wildman–Crippen MR) is 86.0 cm³/mol. The SMILES string of the molecule is CCCNC(=O)CNC(=O)CNC(=O)CNC(=O)c1cccs1. The fraction of sp³-hybridized carbons (Fsp3) is 0.429. The molecule has 0 aliphatic carbocycles. The van der Waals surface area contributed by atoms with Gasteiger partial charge in [-0.1, -0.05) is 13.0 Å². The summed E-state index contributed by atoms with van der Waals surface area (Å²) in [7, 11) is 0. The zero-order valence-corrected chi connectivity index (χ0v) is 13.6. The fourth-order valence-corrected chi connectivity index (χ4v) is 2.11. The molecule has 0 fully saturated rings. The van der Waals surface area contributed by atoms with Crippen molar-refractivity contribution in [3.05, 3.63) is 22.4 Å². The van der Waals surface area contributed by atoms with Gasteiger partial charge in [-0.25, -0.2) is 0 Å². The third kappa shape index (κ3) is 7.96. The van der Waals surface area contributed by atoms with Gasteiger partial charge in [-0.15, -0.1) is 11.3 Å². The summed E-state index contributed by atoms with van der Waals surface area (Å²) in [4.78, 5) is 46.4. The van der Waals surface area contributed by atoms with Gasteiger partial charge in [0.1, 0.15) is 0 Å². The summed E-state index contributed by atoms with van der Waals surface area (Å²) < 4.78 is 0. The highest BCUT2D eigenvalue weighted by Gasteiger charge is 2.10. The van der Waals surface area contributed by atoms with Crippen LogP contribution >= 0.6 is 11.3 Å². The van der Waals surface area contributed by atoms with Crippen molar-refractivity contribution >= 4 is 35.0 Å². The zero-order chi connectivity index (χ0) is 17.1. The molecule has 0 bridgehead atoms. The van der Waals surface area contributed by atoms with Gasteiger partial charge in [0.15, 0.2) is 0 Å². The van der Waals surface area contributed by atoms with Crippen LogP contribution in [0, 0.1) is 0 Å². The van der Waals surface area contributed by atoms with Gasteiger partial charge in [0.05, 0.1) is 24.5 Å². The van der Waals surface area contributed by atoms with Crippen LogP contribution < -0.4 is 21.3 Å². The molecular formula is C14H20N4O4S. The number of thiophene rings is 1. The molecule has 0 atom stereocenters. The molecule has 0 saturated heterocycles. The van der Waals surface area contributed by atoms with Gasteiger partial charge in [-0.3, -0.25) is 19.2 Å². The summed E-state index contributed by atoms with van der Waals surface area (Å²) in [5, 5.41) is 11.6. The van der Waals surface area contributed by atoms with E-state index in [0.29, 0.717) is 11.4 Å². The minimum Gasteiger partial charge on any atom is -0.355 e. The Morgan fingerprint density at radius 2 is 1.48 bits per heavy atom. The monoisotopic (exact) mass is 340 g/mol. The van der Waals surface area contributed by atoms with E-state index >= 15 is 0 Å². The molecule has 0 saturated carbocycles. The summed E-state index contributed by atoms with van der Waals surface area (Å²) >= 11 is 1.27. The van der Waals surface area contributed by atoms with Crippen molar-refractivity contribution in [3.63, 3.8) is 0 Å². The third-order valence-electron chi connectivity index (χ3n) is 2.62. The van der Waals surface area contributed by atoms with Gasteiger partial charge in [-0.2, -0.15) is 0 Å². The van der Waals surface area contributed by atoms with E-state index in [4.69, 9.17) is 0 Å². The lowest BCUT2D eigenvalue weighted by molar-refractivity contribution is -0.127. The molecule has 8 nitrogen and oxygen atoms in total. The Hall–Kier alpha value is -2.42. The minimum absolute atomic E-state index is 0.135. The molecule has 0 radical (unpaired) electrons. The summed E-state index contributed by atoms with van der Waals surface area (Å²) in [6, 6.07) is 3.38. The Labute approximate surface area is 138 Å². The predicted octanol–water partition coefficient (Wildman–Crippen LogP) is -0.763. The van der Waals surface area contributed by atoms with E-state index in [2.05, 4.69) is 21.3 Å². The first kappa shape index (κ1) is 18.6. The third-order valence-corrected chi connectivity index (χ3v) is 3.49. The topological polar surface area (TPSA) is 116 Å². The maximum Gasteiger partial charge on any atom is 0.261 e. The molecule has 4 N–H and O–H groups in total. The van der Waals surface area contributed by atoms with Gasteiger partial charge >= 0.3 is 0 Å². The number of carbonyl (C=O) groups excluding carboxylic acids is 4. The minimum atomic E-state index is -0.486. The van der Waals surface area contributed by atoms with Crippen LogP contribution in [0.25, 0.3) is 0 Å². The Morgan fingerprint density at radius 1 is 0.913 bits per heavy atom. The van der Waals surface area contributed by atoms with Crippen molar-refractivity contribution in [1.82, 2.24) is 21.3 Å². The first-order chi connectivity index (χ1) is 11.0. The van der Waals surface area contributed by atoms with Crippen molar-refractivity contribution in [2.75, 3.05) is 26.2 Å². The average Bonchev–Trinajstić information content (AvgIpc) is 3.08. The number of carbonyl (C=O) groups is 4. The Balaban J connectivity index is 2.14. The Kier molecular flexibility index (Phi) is 8.37.